The van der Waals surface area contributed by atoms with E-state index in [2.05, 4.69) is 6.58 Å². The monoisotopic (exact) mass is 194 g/mol. The van der Waals surface area contributed by atoms with Crippen LogP contribution in [0.15, 0.2) is 31.0 Å². The molecule has 1 rings (SSSR count). The topological polar surface area (TPSA) is 27.7 Å². The molecule has 0 aliphatic carbocycles. The Hall–Kier alpha value is -1.64. The summed E-state index contributed by atoms with van der Waals surface area (Å²) in [5.74, 6) is 1.42. The predicted octanol–water partition coefficient (Wildman–Crippen LogP) is 2.36. The van der Waals surface area contributed by atoms with Gasteiger partial charge in [0.05, 0.1) is 20.5 Å². The number of methoxy groups -OCH3 is 2. The van der Waals surface area contributed by atoms with Crippen molar-refractivity contribution < 1.29 is 14.2 Å². The lowest BCUT2D eigenvalue weighted by Crippen LogP contribution is -1.93. The molecular formula is C11H14O3. The first-order valence-corrected chi connectivity index (χ1v) is 4.25. The van der Waals surface area contributed by atoms with Gasteiger partial charge in [-0.25, -0.2) is 0 Å². The first-order valence-electron chi connectivity index (χ1n) is 4.25. The molecule has 0 bridgehead atoms. The SMILES string of the molecule is C=COCc1ccc(OC)c(OC)c1. The van der Waals surface area contributed by atoms with Gasteiger partial charge in [0.25, 0.3) is 0 Å². The van der Waals surface area contributed by atoms with Crippen LogP contribution in [-0.2, 0) is 11.3 Å². The summed E-state index contributed by atoms with van der Waals surface area (Å²) in [7, 11) is 3.22. The number of rotatable bonds is 5. The largest absolute Gasteiger partial charge is 0.497 e. The lowest BCUT2D eigenvalue weighted by atomic mass is 10.2. The Morgan fingerprint density at radius 1 is 1.21 bits per heavy atom. The summed E-state index contributed by atoms with van der Waals surface area (Å²) in [4.78, 5) is 0. The second kappa shape index (κ2) is 5.17. The molecule has 0 atom stereocenters. The van der Waals surface area contributed by atoms with E-state index in [1.54, 1.807) is 14.2 Å². The van der Waals surface area contributed by atoms with Gasteiger partial charge in [-0.3, -0.25) is 0 Å². The zero-order valence-corrected chi connectivity index (χ0v) is 8.45. The van der Waals surface area contributed by atoms with Crippen LogP contribution in [0.4, 0.5) is 0 Å². The van der Waals surface area contributed by atoms with Crippen molar-refractivity contribution in [3.8, 4) is 11.5 Å². The molecule has 0 unspecified atom stereocenters. The van der Waals surface area contributed by atoms with Gasteiger partial charge in [-0.05, 0) is 17.7 Å². The molecule has 76 valence electrons. The Morgan fingerprint density at radius 2 is 1.93 bits per heavy atom. The molecule has 3 nitrogen and oxygen atoms in total. The normalized spacial score (nSPS) is 9.29. The number of hydrogen-bond donors (Lipinski definition) is 0. The Bertz CT molecular complexity index is 307. The molecule has 0 saturated carbocycles. The third-order valence-corrected chi connectivity index (χ3v) is 1.82. The van der Waals surface area contributed by atoms with E-state index in [9.17, 15) is 0 Å². The molecule has 0 heterocycles. The van der Waals surface area contributed by atoms with Crippen molar-refractivity contribution in [2.24, 2.45) is 0 Å². The quantitative estimate of drug-likeness (QED) is 0.673. The number of benzene rings is 1. The fraction of sp³-hybridized carbons (Fsp3) is 0.273. The van der Waals surface area contributed by atoms with Crippen LogP contribution in [0, 0.1) is 0 Å². The van der Waals surface area contributed by atoms with E-state index in [1.165, 1.54) is 6.26 Å². The van der Waals surface area contributed by atoms with E-state index in [1.807, 2.05) is 18.2 Å². The highest BCUT2D eigenvalue weighted by Gasteiger charge is 2.03. The van der Waals surface area contributed by atoms with E-state index in [0.29, 0.717) is 12.4 Å². The van der Waals surface area contributed by atoms with E-state index in [4.69, 9.17) is 14.2 Å². The van der Waals surface area contributed by atoms with Crippen LogP contribution in [0.3, 0.4) is 0 Å². The van der Waals surface area contributed by atoms with Gasteiger partial charge in [-0.15, -0.1) is 0 Å². The maximum atomic E-state index is 5.15. The zero-order chi connectivity index (χ0) is 10.4. The van der Waals surface area contributed by atoms with Gasteiger partial charge < -0.3 is 14.2 Å². The minimum absolute atomic E-state index is 0.490. The average molecular weight is 194 g/mol. The first-order chi connectivity index (χ1) is 6.81. The Balaban J connectivity index is 2.83. The van der Waals surface area contributed by atoms with Crippen LogP contribution < -0.4 is 9.47 Å². The third-order valence-electron chi connectivity index (χ3n) is 1.82. The van der Waals surface area contributed by atoms with E-state index in [0.717, 1.165) is 11.3 Å². The molecule has 0 aromatic heterocycles. The van der Waals surface area contributed by atoms with Crippen molar-refractivity contribution in [1.82, 2.24) is 0 Å². The molecule has 1 aromatic carbocycles. The molecule has 1 aromatic rings. The lowest BCUT2D eigenvalue weighted by Gasteiger charge is -2.09. The van der Waals surface area contributed by atoms with Gasteiger partial charge in [0.1, 0.15) is 6.61 Å². The van der Waals surface area contributed by atoms with Crippen LogP contribution in [0.25, 0.3) is 0 Å². The summed E-state index contributed by atoms with van der Waals surface area (Å²) in [6.45, 7) is 3.96. The summed E-state index contributed by atoms with van der Waals surface area (Å²) in [6.07, 6.45) is 1.41. The van der Waals surface area contributed by atoms with Gasteiger partial charge in [0.15, 0.2) is 11.5 Å². The van der Waals surface area contributed by atoms with Crippen molar-refractivity contribution in [3.05, 3.63) is 36.6 Å². The van der Waals surface area contributed by atoms with Crippen LogP contribution >= 0.6 is 0 Å². The molecule has 3 heteroatoms. The smallest absolute Gasteiger partial charge is 0.161 e. The zero-order valence-electron chi connectivity index (χ0n) is 8.45. The van der Waals surface area contributed by atoms with Crippen molar-refractivity contribution in [3.63, 3.8) is 0 Å². The second-order valence-electron chi connectivity index (χ2n) is 2.67. The fourth-order valence-corrected chi connectivity index (χ4v) is 1.13. The molecule has 0 radical (unpaired) electrons. The van der Waals surface area contributed by atoms with Gasteiger partial charge in [0, 0.05) is 0 Å². The Labute approximate surface area is 83.9 Å². The van der Waals surface area contributed by atoms with Crippen LogP contribution in [-0.4, -0.2) is 14.2 Å². The van der Waals surface area contributed by atoms with Gasteiger partial charge in [0.2, 0.25) is 0 Å². The molecule has 0 fully saturated rings. The highest BCUT2D eigenvalue weighted by Crippen LogP contribution is 2.27. The summed E-state index contributed by atoms with van der Waals surface area (Å²) in [5.41, 5.74) is 1.02. The van der Waals surface area contributed by atoms with E-state index < -0.39 is 0 Å². The minimum atomic E-state index is 0.490. The fourth-order valence-electron chi connectivity index (χ4n) is 1.13. The maximum Gasteiger partial charge on any atom is 0.161 e. The molecule has 0 spiro atoms. The van der Waals surface area contributed by atoms with E-state index in [-0.39, 0.29) is 0 Å². The molecule has 0 aliphatic heterocycles. The first kappa shape index (κ1) is 10.4. The minimum Gasteiger partial charge on any atom is -0.497 e. The van der Waals surface area contributed by atoms with Crippen molar-refractivity contribution in [1.29, 1.82) is 0 Å². The third kappa shape index (κ3) is 2.42. The molecule has 14 heavy (non-hydrogen) atoms. The van der Waals surface area contributed by atoms with Crippen LogP contribution in [0.5, 0.6) is 11.5 Å². The standard InChI is InChI=1S/C11H14O3/c1-4-14-8-9-5-6-10(12-2)11(7-9)13-3/h4-7H,1,8H2,2-3H3. The molecule has 0 amide bonds. The molecule has 0 N–H and O–H groups in total. The summed E-state index contributed by atoms with van der Waals surface area (Å²) in [6, 6.07) is 5.65. The van der Waals surface area contributed by atoms with Gasteiger partial charge >= 0.3 is 0 Å². The maximum absolute atomic E-state index is 5.15. The highest BCUT2D eigenvalue weighted by molar-refractivity contribution is 5.42. The van der Waals surface area contributed by atoms with Crippen LogP contribution in [0.1, 0.15) is 5.56 Å². The predicted molar refractivity (Wildman–Crippen MR) is 54.5 cm³/mol. The second-order valence-corrected chi connectivity index (χ2v) is 2.67. The van der Waals surface area contributed by atoms with Crippen molar-refractivity contribution in [2.45, 2.75) is 6.61 Å². The van der Waals surface area contributed by atoms with Crippen molar-refractivity contribution >= 4 is 0 Å². The van der Waals surface area contributed by atoms with Crippen molar-refractivity contribution in [2.75, 3.05) is 14.2 Å². The Kier molecular flexibility index (Phi) is 3.85. The number of hydrogen-bond acceptors (Lipinski definition) is 3. The Morgan fingerprint density at radius 3 is 2.50 bits per heavy atom. The molecular weight excluding hydrogens is 180 g/mol. The number of ether oxygens (including phenoxy) is 3. The molecule has 0 saturated heterocycles. The van der Waals surface area contributed by atoms with E-state index >= 15 is 0 Å². The van der Waals surface area contributed by atoms with Crippen LogP contribution in [0.2, 0.25) is 0 Å². The summed E-state index contributed by atoms with van der Waals surface area (Å²) >= 11 is 0. The molecule has 0 aliphatic rings. The summed E-state index contributed by atoms with van der Waals surface area (Å²) in [5, 5.41) is 0. The summed E-state index contributed by atoms with van der Waals surface area (Å²) < 4.78 is 15.3. The average Bonchev–Trinajstić information content (AvgIpc) is 2.25. The van der Waals surface area contributed by atoms with Gasteiger partial charge in [-0.1, -0.05) is 12.6 Å². The lowest BCUT2D eigenvalue weighted by molar-refractivity contribution is 0.237. The van der Waals surface area contributed by atoms with Gasteiger partial charge in [-0.2, -0.15) is 0 Å². The highest BCUT2D eigenvalue weighted by atomic mass is 16.5.